The Hall–Kier alpha value is -2.08. The second kappa shape index (κ2) is 7.64. The van der Waals surface area contributed by atoms with Crippen molar-refractivity contribution in [1.29, 1.82) is 0 Å². The van der Waals surface area contributed by atoms with Crippen LogP contribution >= 0.6 is 0 Å². The van der Waals surface area contributed by atoms with E-state index in [0.717, 1.165) is 19.2 Å². The first kappa shape index (κ1) is 17.0. The van der Waals surface area contributed by atoms with E-state index in [4.69, 9.17) is 5.11 Å². The fourth-order valence-corrected chi connectivity index (χ4v) is 2.95. The lowest BCUT2D eigenvalue weighted by atomic mass is 10.4. The van der Waals surface area contributed by atoms with Crippen molar-refractivity contribution in [2.75, 3.05) is 13.1 Å². The topological polar surface area (TPSA) is 74.7 Å². The Bertz CT molecular complexity index is 629. The number of benzene rings is 1. The SMILES string of the molecule is CCN(/C=C/C=C(/C(=O)O)S(=O)(=O)c1ccccc1)CC. The molecule has 0 aromatic heterocycles. The number of allylic oxidation sites excluding steroid dienone is 2. The maximum Gasteiger partial charge on any atom is 0.347 e. The normalized spacial score (nSPS) is 12.6. The van der Waals surface area contributed by atoms with Gasteiger partial charge in [-0.2, -0.15) is 0 Å². The first-order chi connectivity index (χ1) is 9.93. The second-order valence-corrected chi connectivity index (χ2v) is 6.13. The highest BCUT2D eigenvalue weighted by molar-refractivity contribution is 7.96. The van der Waals surface area contributed by atoms with E-state index in [1.807, 2.05) is 18.7 Å². The van der Waals surface area contributed by atoms with Crippen molar-refractivity contribution >= 4 is 15.8 Å². The maximum absolute atomic E-state index is 12.3. The number of hydrogen-bond donors (Lipinski definition) is 1. The van der Waals surface area contributed by atoms with E-state index in [-0.39, 0.29) is 4.90 Å². The summed E-state index contributed by atoms with van der Waals surface area (Å²) in [5.41, 5.74) is 0. The van der Waals surface area contributed by atoms with Gasteiger partial charge in [0.2, 0.25) is 9.84 Å². The standard InChI is InChI=1S/C15H19NO4S/c1-3-16(4-2)12-8-11-14(15(17)18)21(19,20)13-9-6-5-7-10-13/h5-12H,3-4H2,1-2H3,(H,17,18)/b12-8+,14-11-. The summed E-state index contributed by atoms with van der Waals surface area (Å²) in [6.45, 7) is 5.43. The minimum Gasteiger partial charge on any atom is -0.477 e. The van der Waals surface area contributed by atoms with Crippen LogP contribution in [0.3, 0.4) is 0 Å². The van der Waals surface area contributed by atoms with Crippen molar-refractivity contribution in [1.82, 2.24) is 4.90 Å². The van der Waals surface area contributed by atoms with E-state index in [9.17, 15) is 13.2 Å². The van der Waals surface area contributed by atoms with Gasteiger partial charge in [0, 0.05) is 13.1 Å². The summed E-state index contributed by atoms with van der Waals surface area (Å²) in [7, 11) is -4.02. The van der Waals surface area contributed by atoms with Crippen molar-refractivity contribution in [2.45, 2.75) is 18.7 Å². The van der Waals surface area contributed by atoms with E-state index in [1.165, 1.54) is 18.2 Å². The molecule has 0 bridgehead atoms. The maximum atomic E-state index is 12.3. The molecule has 0 aliphatic heterocycles. The molecule has 0 saturated heterocycles. The van der Waals surface area contributed by atoms with Crippen LogP contribution < -0.4 is 0 Å². The number of hydrogen-bond acceptors (Lipinski definition) is 4. The lowest BCUT2D eigenvalue weighted by molar-refractivity contribution is -0.131. The summed E-state index contributed by atoms with van der Waals surface area (Å²) in [6, 6.07) is 7.53. The van der Waals surface area contributed by atoms with Crippen LogP contribution in [0.25, 0.3) is 0 Å². The molecule has 1 aromatic carbocycles. The van der Waals surface area contributed by atoms with Gasteiger partial charge < -0.3 is 10.0 Å². The Labute approximate surface area is 125 Å². The van der Waals surface area contributed by atoms with E-state index >= 15 is 0 Å². The first-order valence-corrected chi connectivity index (χ1v) is 8.07. The number of aliphatic carboxylic acids is 1. The summed E-state index contributed by atoms with van der Waals surface area (Å²) in [5, 5.41) is 9.15. The van der Waals surface area contributed by atoms with Crippen LogP contribution in [0, 0.1) is 0 Å². The number of rotatable bonds is 7. The van der Waals surface area contributed by atoms with Gasteiger partial charge in [0.25, 0.3) is 0 Å². The van der Waals surface area contributed by atoms with Gasteiger partial charge in [-0.1, -0.05) is 18.2 Å². The van der Waals surface area contributed by atoms with Gasteiger partial charge in [0.15, 0.2) is 4.91 Å². The molecule has 6 heteroatoms. The van der Waals surface area contributed by atoms with Crippen LogP contribution in [0.5, 0.6) is 0 Å². The Kier molecular flexibility index (Phi) is 6.17. The van der Waals surface area contributed by atoms with Crippen LogP contribution in [-0.2, 0) is 14.6 Å². The first-order valence-electron chi connectivity index (χ1n) is 6.59. The molecule has 0 fully saturated rings. The average Bonchev–Trinajstić information content (AvgIpc) is 2.47. The molecule has 0 aliphatic rings. The Balaban J connectivity index is 3.16. The summed E-state index contributed by atoms with van der Waals surface area (Å²) < 4.78 is 24.6. The average molecular weight is 309 g/mol. The van der Waals surface area contributed by atoms with Crippen molar-refractivity contribution < 1.29 is 18.3 Å². The monoisotopic (exact) mass is 309 g/mol. The zero-order chi connectivity index (χ0) is 15.9. The van der Waals surface area contributed by atoms with Crippen LogP contribution in [-0.4, -0.2) is 37.5 Å². The molecule has 0 radical (unpaired) electrons. The Morgan fingerprint density at radius 2 is 1.76 bits per heavy atom. The minimum absolute atomic E-state index is 0.0325. The highest BCUT2D eigenvalue weighted by Gasteiger charge is 2.25. The third-order valence-electron chi connectivity index (χ3n) is 2.91. The molecule has 114 valence electrons. The van der Waals surface area contributed by atoms with Crippen molar-refractivity contribution in [2.24, 2.45) is 0 Å². The molecule has 0 spiro atoms. The molecule has 0 aliphatic carbocycles. The van der Waals surface area contributed by atoms with Gasteiger partial charge in [-0.15, -0.1) is 0 Å². The molecular formula is C15H19NO4S. The largest absolute Gasteiger partial charge is 0.477 e. The van der Waals surface area contributed by atoms with Gasteiger partial charge in [0.05, 0.1) is 4.90 Å². The summed E-state index contributed by atoms with van der Waals surface area (Å²) >= 11 is 0. The van der Waals surface area contributed by atoms with Crippen LogP contribution in [0.2, 0.25) is 0 Å². The molecule has 0 unspecified atom stereocenters. The third kappa shape index (κ3) is 4.46. The summed E-state index contributed by atoms with van der Waals surface area (Å²) in [5.74, 6) is -1.47. The van der Waals surface area contributed by atoms with Crippen LogP contribution in [0.15, 0.2) is 58.5 Å². The van der Waals surface area contributed by atoms with Gasteiger partial charge in [-0.05, 0) is 44.3 Å². The molecule has 0 saturated carbocycles. The van der Waals surface area contributed by atoms with Crippen molar-refractivity contribution in [3.8, 4) is 0 Å². The highest BCUT2D eigenvalue weighted by Crippen LogP contribution is 2.19. The number of sulfone groups is 1. The lowest BCUT2D eigenvalue weighted by Crippen LogP contribution is -2.15. The van der Waals surface area contributed by atoms with Crippen LogP contribution in [0.1, 0.15) is 13.8 Å². The number of carboxylic acids is 1. The molecule has 0 amide bonds. The van der Waals surface area contributed by atoms with Gasteiger partial charge >= 0.3 is 5.97 Å². The molecule has 1 N–H and O–H groups in total. The Morgan fingerprint density at radius 1 is 1.19 bits per heavy atom. The quantitative estimate of drug-likeness (QED) is 0.618. The molecule has 21 heavy (non-hydrogen) atoms. The van der Waals surface area contributed by atoms with E-state index in [2.05, 4.69) is 0 Å². The predicted octanol–water partition coefficient (Wildman–Crippen LogP) is 2.28. The zero-order valence-electron chi connectivity index (χ0n) is 12.1. The molecule has 1 rings (SSSR count). The van der Waals surface area contributed by atoms with Gasteiger partial charge in [-0.3, -0.25) is 0 Å². The fraction of sp³-hybridized carbons (Fsp3) is 0.267. The molecule has 0 heterocycles. The van der Waals surface area contributed by atoms with Crippen LogP contribution in [0.4, 0.5) is 0 Å². The third-order valence-corrected chi connectivity index (χ3v) is 4.69. The molecular weight excluding hydrogens is 290 g/mol. The predicted molar refractivity (Wildman–Crippen MR) is 81.4 cm³/mol. The minimum atomic E-state index is -4.02. The summed E-state index contributed by atoms with van der Waals surface area (Å²) in [4.78, 5) is 12.5. The highest BCUT2D eigenvalue weighted by atomic mass is 32.2. The second-order valence-electron chi connectivity index (χ2n) is 4.22. The summed E-state index contributed by atoms with van der Waals surface area (Å²) in [6.07, 6.45) is 4.23. The molecule has 5 nitrogen and oxygen atoms in total. The van der Waals surface area contributed by atoms with E-state index < -0.39 is 20.7 Å². The Morgan fingerprint density at radius 3 is 2.24 bits per heavy atom. The molecule has 0 atom stereocenters. The van der Waals surface area contributed by atoms with E-state index in [1.54, 1.807) is 24.4 Å². The van der Waals surface area contributed by atoms with Crippen molar-refractivity contribution in [3.05, 3.63) is 53.6 Å². The molecule has 1 aromatic rings. The van der Waals surface area contributed by atoms with Gasteiger partial charge in [0.1, 0.15) is 0 Å². The zero-order valence-corrected chi connectivity index (χ0v) is 12.9. The fourth-order valence-electron chi connectivity index (χ4n) is 1.69. The number of carboxylic acid groups (broad SMARTS) is 1. The smallest absolute Gasteiger partial charge is 0.347 e. The van der Waals surface area contributed by atoms with Gasteiger partial charge in [-0.25, -0.2) is 13.2 Å². The van der Waals surface area contributed by atoms with Crippen molar-refractivity contribution in [3.63, 3.8) is 0 Å². The number of carbonyl (C=O) groups is 1. The number of nitrogens with zero attached hydrogens (tertiary/aromatic N) is 1. The lowest BCUT2D eigenvalue weighted by Gasteiger charge is -2.14. The van der Waals surface area contributed by atoms with E-state index in [0.29, 0.717) is 0 Å².